The van der Waals surface area contributed by atoms with E-state index < -0.39 is 17.6 Å². The molecule has 1 heterocycles. The molecular formula is C21H32N2O3. The average Bonchev–Trinajstić information content (AvgIpc) is 2.93. The first-order valence-corrected chi connectivity index (χ1v) is 9.93. The van der Waals surface area contributed by atoms with Gasteiger partial charge in [-0.05, 0) is 60.6 Å². The summed E-state index contributed by atoms with van der Waals surface area (Å²) in [4.78, 5) is 16.4. The number of pyridine rings is 1. The highest BCUT2D eigenvalue weighted by Gasteiger charge is 2.45. The van der Waals surface area contributed by atoms with Crippen molar-refractivity contribution < 1.29 is 15.0 Å². The number of fused-ring (bicyclic) bond motifs is 1. The SMILES string of the molecule is CC(C)C[C@H](N)[C@](O)(Cc1nccc2c1CC1(CCCCC1)C2)C(=O)O. The van der Waals surface area contributed by atoms with Crippen molar-refractivity contribution in [2.24, 2.45) is 17.1 Å². The van der Waals surface area contributed by atoms with Gasteiger partial charge in [-0.3, -0.25) is 4.98 Å². The number of hydrogen-bond acceptors (Lipinski definition) is 4. The molecule has 2 aliphatic carbocycles. The Hall–Kier alpha value is -1.46. The van der Waals surface area contributed by atoms with E-state index in [0.29, 0.717) is 17.5 Å². The van der Waals surface area contributed by atoms with Crippen molar-refractivity contribution >= 4 is 5.97 Å². The third kappa shape index (κ3) is 3.65. The molecule has 0 radical (unpaired) electrons. The molecule has 5 nitrogen and oxygen atoms in total. The predicted molar refractivity (Wildman–Crippen MR) is 101 cm³/mol. The Morgan fingerprint density at radius 2 is 2.00 bits per heavy atom. The molecule has 144 valence electrons. The van der Waals surface area contributed by atoms with Gasteiger partial charge in [-0.1, -0.05) is 33.1 Å². The molecule has 26 heavy (non-hydrogen) atoms. The zero-order chi connectivity index (χ0) is 18.9. The fraction of sp³-hybridized carbons (Fsp3) is 0.714. The second-order valence-corrected chi connectivity index (χ2v) is 8.95. The molecule has 5 heteroatoms. The van der Waals surface area contributed by atoms with Gasteiger partial charge in [0.1, 0.15) is 0 Å². The monoisotopic (exact) mass is 360 g/mol. The number of carbonyl (C=O) groups is 1. The lowest BCUT2D eigenvalue weighted by Crippen LogP contribution is -2.56. The molecule has 0 saturated heterocycles. The third-order valence-corrected chi connectivity index (χ3v) is 6.42. The minimum atomic E-state index is -1.98. The maximum atomic E-state index is 11.9. The van der Waals surface area contributed by atoms with E-state index in [9.17, 15) is 15.0 Å². The van der Waals surface area contributed by atoms with E-state index in [1.54, 1.807) is 6.20 Å². The Morgan fingerprint density at radius 1 is 1.31 bits per heavy atom. The van der Waals surface area contributed by atoms with Crippen LogP contribution in [-0.2, 0) is 24.1 Å². The molecule has 1 aromatic heterocycles. The summed E-state index contributed by atoms with van der Waals surface area (Å²) in [6.45, 7) is 3.96. The normalized spacial score (nSPS) is 22.2. The van der Waals surface area contributed by atoms with Crippen LogP contribution in [0, 0.1) is 11.3 Å². The van der Waals surface area contributed by atoms with Crippen molar-refractivity contribution in [2.45, 2.75) is 83.3 Å². The highest BCUT2D eigenvalue weighted by atomic mass is 16.4. The standard InChI is InChI=1S/C21H32N2O3/c1-14(2)10-18(22)21(26,19(24)25)13-17-16-12-20(7-4-3-5-8-20)11-15(16)6-9-23-17/h6,9,14,18,26H,3-5,7-8,10-13,22H2,1-2H3,(H,24,25)/t18-,21+/m0/s1. The third-order valence-electron chi connectivity index (χ3n) is 6.42. The molecule has 0 amide bonds. The Morgan fingerprint density at radius 3 is 2.62 bits per heavy atom. The summed E-state index contributed by atoms with van der Waals surface area (Å²) < 4.78 is 0. The topological polar surface area (TPSA) is 96.4 Å². The van der Waals surface area contributed by atoms with Crippen molar-refractivity contribution in [3.63, 3.8) is 0 Å². The quantitative estimate of drug-likeness (QED) is 0.725. The molecular weight excluding hydrogens is 328 g/mol. The van der Waals surface area contributed by atoms with E-state index in [0.717, 1.165) is 18.4 Å². The number of nitrogens with two attached hydrogens (primary N) is 1. The Kier molecular flexibility index (Phi) is 5.40. The van der Waals surface area contributed by atoms with Crippen LogP contribution in [-0.4, -0.2) is 32.8 Å². The number of carboxylic acid groups (broad SMARTS) is 1. The fourth-order valence-corrected chi connectivity index (χ4v) is 4.93. The van der Waals surface area contributed by atoms with Crippen molar-refractivity contribution in [3.05, 3.63) is 29.1 Å². The Balaban J connectivity index is 1.87. The molecule has 3 rings (SSSR count). The van der Waals surface area contributed by atoms with E-state index in [4.69, 9.17) is 5.73 Å². The maximum absolute atomic E-state index is 11.9. The number of hydrogen-bond donors (Lipinski definition) is 3. The highest BCUT2D eigenvalue weighted by molar-refractivity contribution is 5.78. The van der Waals surface area contributed by atoms with E-state index in [1.165, 1.54) is 37.7 Å². The van der Waals surface area contributed by atoms with Crippen LogP contribution in [0.2, 0.25) is 0 Å². The summed E-state index contributed by atoms with van der Waals surface area (Å²) in [5, 5.41) is 20.6. The van der Waals surface area contributed by atoms with Crippen LogP contribution in [0.25, 0.3) is 0 Å². The van der Waals surface area contributed by atoms with Crippen LogP contribution in [0.3, 0.4) is 0 Å². The summed E-state index contributed by atoms with van der Waals surface area (Å²) in [5.41, 5.74) is 7.62. The van der Waals surface area contributed by atoms with Gasteiger partial charge in [-0.2, -0.15) is 0 Å². The lowest BCUT2D eigenvalue weighted by molar-refractivity contribution is -0.161. The maximum Gasteiger partial charge on any atom is 0.337 e. The number of rotatable bonds is 6. The van der Waals surface area contributed by atoms with E-state index in [-0.39, 0.29) is 12.3 Å². The van der Waals surface area contributed by atoms with Crippen LogP contribution in [0.1, 0.15) is 69.2 Å². The first-order valence-electron chi connectivity index (χ1n) is 9.93. The smallest absolute Gasteiger partial charge is 0.337 e. The first-order chi connectivity index (χ1) is 12.3. The Bertz CT molecular complexity index is 667. The lowest BCUT2D eigenvalue weighted by Gasteiger charge is -2.33. The predicted octanol–water partition coefficient (Wildman–Crippen LogP) is 2.86. The van der Waals surface area contributed by atoms with Gasteiger partial charge in [-0.25, -0.2) is 4.79 Å². The second-order valence-electron chi connectivity index (χ2n) is 8.95. The van der Waals surface area contributed by atoms with Gasteiger partial charge < -0.3 is 15.9 Å². The number of carboxylic acids is 1. The number of aliphatic hydroxyl groups is 1. The average molecular weight is 360 g/mol. The van der Waals surface area contributed by atoms with Crippen molar-refractivity contribution in [2.75, 3.05) is 0 Å². The largest absolute Gasteiger partial charge is 0.479 e. The molecule has 2 atom stereocenters. The molecule has 1 spiro atoms. The zero-order valence-corrected chi connectivity index (χ0v) is 16.0. The van der Waals surface area contributed by atoms with Gasteiger partial charge in [0, 0.05) is 24.4 Å². The Labute approximate surface area is 156 Å². The fourth-order valence-electron chi connectivity index (χ4n) is 4.93. The van der Waals surface area contributed by atoms with Crippen LogP contribution < -0.4 is 5.73 Å². The summed E-state index contributed by atoms with van der Waals surface area (Å²) >= 11 is 0. The van der Waals surface area contributed by atoms with Crippen LogP contribution in [0.5, 0.6) is 0 Å². The lowest BCUT2D eigenvalue weighted by atomic mass is 9.72. The number of aliphatic carboxylic acids is 1. The molecule has 0 unspecified atom stereocenters. The van der Waals surface area contributed by atoms with Gasteiger partial charge >= 0.3 is 5.97 Å². The molecule has 0 aliphatic heterocycles. The minimum Gasteiger partial charge on any atom is -0.479 e. The summed E-state index contributed by atoms with van der Waals surface area (Å²) in [7, 11) is 0. The van der Waals surface area contributed by atoms with Gasteiger partial charge in [0.05, 0.1) is 0 Å². The van der Waals surface area contributed by atoms with Gasteiger partial charge in [0.2, 0.25) is 0 Å². The van der Waals surface area contributed by atoms with Crippen LogP contribution in [0.4, 0.5) is 0 Å². The van der Waals surface area contributed by atoms with Crippen molar-refractivity contribution in [1.29, 1.82) is 0 Å². The summed E-state index contributed by atoms with van der Waals surface area (Å²) in [6, 6.07) is 1.25. The van der Waals surface area contributed by atoms with Crippen molar-refractivity contribution in [3.8, 4) is 0 Å². The van der Waals surface area contributed by atoms with E-state index >= 15 is 0 Å². The molecule has 1 fully saturated rings. The first kappa shape index (κ1) is 19.3. The highest BCUT2D eigenvalue weighted by Crippen LogP contribution is 2.48. The van der Waals surface area contributed by atoms with Crippen LogP contribution >= 0.6 is 0 Å². The van der Waals surface area contributed by atoms with Crippen molar-refractivity contribution in [1.82, 2.24) is 4.98 Å². The van der Waals surface area contributed by atoms with Gasteiger partial charge in [0.15, 0.2) is 5.60 Å². The van der Waals surface area contributed by atoms with Gasteiger partial charge in [-0.15, -0.1) is 0 Å². The second kappa shape index (κ2) is 7.28. The molecule has 1 saturated carbocycles. The van der Waals surface area contributed by atoms with E-state index in [2.05, 4.69) is 11.1 Å². The van der Waals surface area contributed by atoms with E-state index in [1.807, 2.05) is 13.8 Å². The zero-order valence-electron chi connectivity index (χ0n) is 16.0. The molecule has 0 bridgehead atoms. The molecule has 4 N–H and O–H groups in total. The molecule has 1 aromatic rings. The van der Waals surface area contributed by atoms with Crippen LogP contribution in [0.15, 0.2) is 12.3 Å². The molecule has 2 aliphatic rings. The molecule has 0 aromatic carbocycles. The van der Waals surface area contributed by atoms with Gasteiger partial charge in [0.25, 0.3) is 0 Å². The number of aromatic nitrogens is 1. The number of nitrogens with zero attached hydrogens (tertiary/aromatic N) is 1. The summed E-state index contributed by atoms with van der Waals surface area (Å²) in [5.74, 6) is -1.04. The summed E-state index contributed by atoms with van der Waals surface area (Å²) in [6.07, 6.45) is 10.5. The minimum absolute atomic E-state index is 0.0184.